The first-order valence-corrected chi connectivity index (χ1v) is 12.3. The number of nitrogens with two attached hydrogens (primary N) is 1. The molecule has 1 aromatic carbocycles. The highest BCUT2D eigenvalue weighted by Gasteiger charge is 2.29. The molecule has 5 rings (SSSR count). The summed E-state index contributed by atoms with van der Waals surface area (Å²) < 4.78 is 33.3. The average molecular weight is 471 g/mol. The molecule has 2 aliphatic rings. The van der Waals surface area contributed by atoms with Crippen LogP contribution in [0.3, 0.4) is 0 Å². The van der Waals surface area contributed by atoms with E-state index in [1.807, 2.05) is 11.5 Å². The van der Waals surface area contributed by atoms with E-state index in [0.717, 1.165) is 23.7 Å². The van der Waals surface area contributed by atoms with Gasteiger partial charge in [-0.05, 0) is 25.8 Å². The molecule has 174 valence electrons. The predicted molar refractivity (Wildman–Crippen MR) is 127 cm³/mol. The van der Waals surface area contributed by atoms with Gasteiger partial charge >= 0.3 is 10.2 Å². The fourth-order valence-corrected chi connectivity index (χ4v) is 5.51. The number of aryl methyl sites for hydroxylation is 1. The van der Waals surface area contributed by atoms with Crippen LogP contribution in [0, 0.1) is 0 Å². The zero-order chi connectivity index (χ0) is 23.3. The maximum absolute atomic E-state index is 13.5. The summed E-state index contributed by atoms with van der Waals surface area (Å²) in [6.45, 7) is 3.96. The van der Waals surface area contributed by atoms with Crippen molar-refractivity contribution in [3.05, 3.63) is 46.4 Å². The summed E-state index contributed by atoms with van der Waals surface area (Å²) in [5, 5.41) is 4.28. The standard InChI is InChI=1S/C21H26N8O3S/c1-3-28-19-16(24-21(28)27-10-6-7-14(22)12-27)11-23-29(20(19)30)13-17-15-8-4-5-9-18(15)26(2)33(31,32)25-17/h4-5,8-9,11,14H,3,6-7,10,12-13,22H2,1-2H3. The van der Waals surface area contributed by atoms with Crippen molar-refractivity contribution in [2.24, 2.45) is 10.1 Å². The molecular weight excluding hydrogens is 444 g/mol. The number of rotatable bonds is 4. The molecule has 0 bridgehead atoms. The van der Waals surface area contributed by atoms with Crippen molar-refractivity contribution in [2.45, 2.75) is 38.9 Å². The summed E-state index contributed by atoms with van der Waals surface area (Å²) in [4.78, 5) is 20.3. The second kappa shape index (κ2) is 7.96. The Hall–Kier alpha value is -3.25. The normalized spacial score (nSPS) is 20.1. The Balaban J connectivity index is 1.59. The fraction of sp³-hybridized carbons (Fsp3) is 0.429. The smallest absolute Gasteiger partial charge is 0.341 e. The third-order valence-corrected chi connectivity index (χ3v) is 7.55. The molecule has 11 nitrogen and oxygen atoms in total. The predicted octanol–water partition coefficient (Wildman–Crippen LogP) is 0.724. The van der Waals surface area contributed by atoms with Gasteiger partial charge in [-0.2, -0.15) is 13.5 Å². The molecule has 0 amide bonds. The number of aromatic nitrogens is 4. The summed E-state index contributed by atoms with van der Waals surface area (Å²) in [5.41, 5.74) is 8.18. The highest BCUT2D eigenvalue weighted by Crippen LogP contribution is 2.28. The van der Waals surface area contributed by atoms with Crippen molar-refractivity contribution in [1.82, 2.24) is 19.3 Å². The Bertz CT molecular complexity index is 1430. The molecular formula is C21H26N8O3S. The van der Waals surface area contributed by atoms with Gasteiger partial charge in [-0.25, -0.2) is 9.67 Å². The quantitative estimate of drug-likeness (QED) is 0.594. The lowest BCUT2D eigenvalue weighted by Crippen LogP contribution is -2.44. The van der Waals surface area contributed by atoms with Crippen LogP contribution in [0.15, 0.2) is 39.7 Å². The van der Waals surface area contributed by atoms with E-state index < -0.39 is 10.2 Å². The van der Waals surface area contributed by atoms with Gasteiger partial charge in [0.2, 0.25) is 5.95 Å². The van der Waals surface area contributed by atoms with Gasteiger partial charge in [0.1, 0.15) is 11.0 Å². The molecule has 3 aromatic rings. The minimum atomic E-state index is -3.89. The van der Waals surface area contributed by atoms with Gasteiger partial charge in [0.05, 0.1) is 24.1 Å². The molecule has 12 heteroatoms. The lowest BCUT2D eigenvalue weighted by molar-refractivity contribution is 0.494. The van der Waals surface area contributed by atoms with Gasteiger partial charge in [-0.3, -0.25) is 9.10 Å². The second-order valence-corrected chi connectivity index (χ2v) is 9.97. The monoisotopic (exact) mass is 470 g/mol. The molecule has 2 aliphatic heterocycles. The fourth-order valence-electron chi connectivity index (χ4n) is 4.54. The van der Waals surface area contributed by atoms with Crippen LogP contribution < -0.4 is 20.5 Å². The third kappa shape index (κ3) is 3.59. The van der Waals surface area contributed by atoms with Crippen molar-refractivity contribution in [2.75, 3.05) is 29.3 Å². The maximum atomic E-state index is 13.5. The van der Waals surface area contributed by atoms with E-state index in [-0.39, 0.29) is 23.9 Å². The van der Waals surface area contributed by atoms with Crippen molar-refractivity contribution in [1.29, 1.82) is 0 Å². The SMILES string of the molecule is CCn1c(N2CCCC(N)C2)nc2cnn(CC3=NS(=O)(=O)N(C)c4ccccc43)c(=O)c21. The number of imidazole rings is 1. The van der Waals surface area contributed by atoms with Gasteiger partial charge < -0.3 is 15.2 Å². The molecule has 2 aromatic heterocycles. The van der Waals surface area contributed by atoms with Crippen molar-refractivity contribution < 1.29 is 8.42 Å². The Labute approximate surface area is 191 Å². The van der Waals surface area contributed by atoms with Crippen LogP contribution in [0.1, 0.15) is 25.3 Å². The first-order valence-electron chi connectivity index (χ1n) is 10.9. The van der Waals surface area contributed by atoms with E-state index in [1.54, 1.807) is 30.5 Å². The van der Waals surface area contributed by atoms with Gasteiger partial charge in [-0.15, -0.1) is 4.40 Å². The first-order chi connectivity index (χ1) is 15.8. The number of hydrogen-bond acceptors (Lipinski definition) is 7. The number of para-hydroxylation sites is 1. The molecule has 4 heterocycles. The van der Waals surface area contributed by atoms with Crippen LogP contribution in [-0.4, -0.2) is 59.6 Å². The Morgan fingerprint density at radius 2 is 2.03 bits per heavy atom. The van der Waals surface area contributed by atoms with E-state index in [9.17, 15) is 13.2 Å². The number of fused-ring (bicyclic) bond motifs is 2. The van der Waals surface area contributed by atoms with Crippen LogP contribution in [0.25, 0.3) is 11.0 Å². The van der Waals surface area contributed by atoms with Crippen LogP contribution in [0.4, 0.5) is 11.6 Å². The number of hydrogen-bond donors (Lipinski definition) is 1. The van der Waals surface area contributed by atoms with E-state index >= 15 is 0 Å². The molecule has 0 radical (unpaired) electrons. The highest BCUT2D eigenvalue weighted by molar-refractivity contribution is 7.91. The van der Waals surface area contributed by atoms with Crippen LogP contribution in [0.5, 0.6) is 0 Å². The van der Waals surface area contributed by atoms with Crippen LogP contribution in [-0.2, 0) is 23.3 Å². The van der Waals surface area contributed by atoms with Gasteiger partial charge in [0.25, 0.3) is 5.56 Å². The molecule has 2 N–H and O–H groups in total. The molecule has 0 aliphatic carbocycles. The highest BCUT2D eigenvalue weighted by atomic mass is 32.2. The second-order valence-electron chi connectivity index (χ2n) is 8.35. The number of anilines is 2. The van der Waals surface area contributed by atoms with Crippen LogP contribution in [0.2, 0.25) is 0 Å². The molecule has 1 atom stereocenters. The van der Waals surface area contributed by atoms with Gasteiger partial charge in [0.15, 0.2) is 0 Å². The summed E-state index contributed by atoms with van der Waals surface area (Å²) in [5.74, 6) is 0.712. The Kier molecular flexibility index (Phi) is 5.20. The summed E-state index contributed by atoms with van der Waals surface area (Å²) in [7, 11) is -2.43. The van der Waals surface area contributed by atoms with Crippen molar-refractivity contribution >= 4 is 38.6 Å². The first kappa shape index (κ1) is 21.6. The van der Waals surface area contributed by atoms with E-state index in [2.05, 4.69) is 19.4 Å². The third-order valence-electron chi connectivity index (χ3n) is 6.21. The number of nitrogens with zero attached hydrogens (tertiary/aromatic N) is 7. The molecule has 33 heavy (non-hydrogen) atoms. The minimum Gasteiger partial charge on any atom is -0.341 e. The zero-order valence-electron chi connectivity index (χ0n) is 18.5. The molecule has 0 spiro atoms. The maximum Gasteiger partial charge on any atom is 0.344 e. The summed E-state index contributed by atoms with van der Waals surface area (Å²) in [6.07, 6.45) is 3.49. The van der Waals surface area contributed by atoms with E-state index in [1.165, 1.54) is 11.7 Å². The number of piperidine rings is 1. The van der Waals surface area contributed by atoms with Crippen LogP contribution >= 0.6 is 0 Å². The minimum absolute atomic E-state index is 0.0718. The Morgan fingerprint density at radius 1 is 1.24 bits per heavy atom. The van der Waals surface area contributed by atoms with Gasteiger partial charge in [-0.1, -0.05) is 18.2 Å². The summed E-state index contributed by atoms with van der Waals surface area (Å²) in [6, 6.07) is 7.14. The lowest BCUT2D eigenvalue weighted by Gasteiger charge is -2.31. The van der Waals surface area contributed by atoms with E-state index in [4.69, 9.17) is 5.73 Å². The topological polar surface area (TPSA) is 132 Å². The van der Waals surface area contributed by atoms with Gasteiger partial charge in [0, 0.05) is 38.3 Å². The van der Waals surface area contributed by atoms with Crippen molar-refractivity contribution in [3.63, 3.8) is 0 Å². The lowest BCUT2D eigenvalue weighted by atomic mass is 10.1. The molecule has 0 saturated carbocycles. The zero-order valence-corrected chi connectivity index (χ0v) is 19.4. The molecule has 1 saturated heterocycles. The number of benzene rings is 1. The Morgan fingerprint density at radius 3 is 2.79 bits per heavy atom. The van der Waals surface area contributed by atoms with E-state index in [0.29, 0.717) is 41.3 Å². The molecule has 1 unspecified atom stereocenters. The molecule has 1 fully saturated rings. The largest absolute Gasteiger partial charge is 0.344 e. The summed E-state index contributed by atoms with van der Waals surface area (Å²) >= 11 is 0. The van der Waals surface area contributed by atoms with Crippen molar-refractivity contribution in [3.8, 4) is 0 Å². The average Bonchev–Trinajstić information content (AvgIpc) is 3.18.